The van der Waals surface area contributed by atoms with Gasteiger partial charge in [0.15, 0.2) is 5.79 Å². The van der Waals surface area contributed by atoms with Gasteiger partial charge in [-0.1, -0.05) is 54.2 Å². The minimum Gasteiger partial charge on any atom is -0.391 e. The third-order valence-corrected chi connectivity index (χ3v) is 17.3. The van der Waals surface area contributed by atoms with Crippen LogP contribution in [0.4, 0.5) is 0 Å². The van der Waals surface area contributed by atoms with Crippen LogP contribution in [0.1, 0.15) is 138 Å². The van der Waals surface area contributed by atoms with Gasteiger partial charge in [0.2, 0.25) is 17.7 Å². The first-order valence-electron chi connectivity index (χ1n) is 28.3. The highest BCUT2D eigenvalue weighted by atomic mass is 16.7. The number of aliphatic hydroxyl groups excluding tert-OH is 1. The summed E-state index contributed by atoms with van der Waals surface area (Å²) in [5.41, 5.74) is 2.11. The molecule has 4 N–H and O–H groups in total. The normalized spacial score (nSPS) is 37.2. The second-order valence-electron chi connectivity index (χ2n) is 23.5. The molecule has 4 bridgehead atoms. The van der Waals surface area contributed by atoms with Gasteiger partial charge in [0.05, 0.1) is 79.9 Å². The highest BCUT2D eigenvalue weighted by molar-refractivity contribution is 6.13. The van der Waals surface area contributed by atoms with Gasteiger partial charge < -0.3 is 59.0 Å². The van der Waals surface area contributed by atoms with Gasteiger partial charge in [0.1, 0.15) is 24.0 Å². The van der Waals surface area contributed by atoms with Crippen molar-refractivity contribution in [3.05, 3.63) is 36.5 Å². The van der Waals surface area contributed by atoms with Crippen LogP contribution in [0, 0.1) is 23.7 Å². The molecule has 8 aliphatic heterocycles. The Bertz CT molecular complexity index is 2150. The molecule has 19 atom stereocenters. The fourth-order valence-corrected chi connectivity index (χ4v) is 13.1. The number of imide groups is 1. The molecule has 76 heavy (non-hydrogen) atoms. The Hall–Kier alpha value is -3.92. The summed E-state index contributed by atoms with van der Waals surface area (Å²) in [6.45, 7) is 20.3. The first-order valence-corrected chi connectivity index (χ1v) is 28.3. The van der Waals surface area contributed by atoms with E-state index >= 15 is 0 Å². The number of hydrogen-bond acceptors (Lipinski definition) is 15. The highest BCUT2D eigenvalue weighted by Gasteiger charge is 2.59. The van der Waals surface area contributed by atoms with Crippen LogP contribution in [0.3, 0.4) is 0 Å². The molecule has 19 nitrogen and oxygen atoms in total. The van der Waals surface area contributed by atoms with Crippen molar-refractivity contribution in [3.8, 4) is 0 Å². The summed E-state index contributed by atoms with van der Waals surface area (Å²) in [4.78, 5) is 78.7. The molecule has 7 fully saturated rings. The van der Waals surface area contributed by atoms with Gasteiger partial charge >= 0.3 is 0 Å². The standard InChI is InChI=1S/C57H86N4O15/c1-10-11-39-23-32(5)33(6)44(71-39)27-45-41(25-36(62)24-40-12-13-42-54(72-40)52-34(7)51(74-42)43-17-20-57(75-43,76-52)19-16-38-22-31(4)29-70-38)53(69-9)46(73-45)26-37(63)28-58-55(67)35(8)59-56(68)50(30(2)3)60-47(64)18-21-61-48(65)14-15-49(61)66/h14-15,30,32,34-35,37-46,50-54,63H,4,6,10-13,16-29H2,1-3,5,7-9H3,(H,58,67)(H,59,68)(H,60,64)/t32-,34-,35+,37+,38+,39+,40-,41+,42+,43+,44-,45+,46-,50+,51?,52-,53-,54+,57+/m1/s1. The maximum Gasteiger partial charge on any atom is 0.253 e. The van der Waals surface area contributed by atoms with E-state index in [0.29, 0.717) is 25.9 Å². The number of carbonyl (C=O) groups excluding carboxylic acids is 6. The van der Waals surface area contributed by atoms with Crippen molar-refractivity contribution in [2.45, 2.75) is 235 Å². The number of fused-ring (bicyclic) bond motifs is 7. The molecular formula is C57H86N4O15. The third kappa shape index (κ3) is 13.7. The molecule has 0 saturated carbocycles. The predicted molar refractivity (Wildman–Crippen MR) is 277 cm³/mol. The molecule has 19 heteroatoms. The first-order chi connectivity index (χ1) is 36.2. The second kappa shape index (κ2) is 25.5. The molecule has 0 spiro atoms. The van der Waals surface area contributed by atoms with E-state index in [2.05, 4.69) is 49.9 Å². The first kappa shape index (κ1) is 58.2. The molecule has 1 unspecified atom stereocenters. The van der Waals surface area contributed by atoms with Crippen LogP contribution < -0.4 is 16.0 Å². The number of Topliss-reactive ketones (excluding diaryl/α,β-unsaturated/α-hetero) is 1. The number of rotatable bonds is 24. The average molecular weight is 1070 g/mol. The average Bonchev–Trinajstić information content (AvgIpc) is 4.15. The van der Waals surface area contributed by atoms with E-state index in [0.717, 1.165) is 79.6 Å². The molecule has 7 saturated heterocycles. The summed E-state index contributed by atoms with van der Waals surface area (Å²) in [7, 11) is 1.59. The summed E-state index contributed by atoms with van der Waals surface area (Å²) in [5.74, 6) is -3.90. The number of hydrogen-bond donors (Lipinski definition) is 4. The maximum atomic E-state index is 14.5. The van der Waals surface area contributed by atoms with E-state index in [1.54, 1.807) is 21.0 Å². The lowest BCUT2D eigenvalue weighted by Gasteiger charge is -2.50. The second-order valence-corrected chi connectivity index (χ2v) is 23.5. The van der Waals surface area contributed by atoms with Gasteiger partial charge in [-0.2, -0.15) is 0 Å². The Labute approximate surface area is 448 Å². The summed E-state index contributed by atoms with van der Waals surface area (Å²) >= 11 is 0. The SMILES string of the molecule is C=C1CO[C@@H](CC[C@]23CC[C@H](O2)C2O[C@H]4CC[C@H](CC(=O)C[C@@H]5[C@@H](OC)[C@@H](C[C@H](O)CNC(=O)[C@H](C)NC(=O)[C@@H](NC(=O)CCN6C(=O)C=CC6=O)C(C)C)O[C@H]5C[C@H]5O[C@@H](CCC)C[C@@H](C)C5=C)O[C@@H]4[C@H](O3)[C@@H]2C)C1. The van der Waals surface area contributed by atoms with Crippen molar-refractivity contribution in [2.24, 2.45) is 23.7 Å². The minimum atomic E-state index is -1.09. The Kier molecular flexibility index (Phi) is 19.5. The number of nitrogens with zero attached hydrogens (tertiary/aromatic N) is 1. The van der Waals surface area contributed by atoms with E-state index in [1.807, 2.05) is 0 Å². The zero-order chi connectivity index (χ0) is 54.6. The van der Waals surface area contributed by atoms with Crippen LogP contribution in [-0.4, -0.2) is 169 Å². The van der Waals surface area contributed by atoms with Crippen LogP contribution in [0.15, 0.2) is 36.5 Å². The molecule has 424 valence electrons. The van der Waals surface area contributed by atoms with E-state index in [9.17, 15) is 33.9 Å². The molecule has 8 rings (SSSR count). The highest BCUT2D eigenvalue weighted by Crippen LogP contribution is 2.50. The fraction of sp³-hybridized carbons (Fsp3) is 0.789. The number of ether oxygens (including phenoxy) is 8. The number of carbonyl (C=O) groups is 6. The van der Waals surface area contributed by atoms with Crippen LogP contribution >= 0.6 is 0 Å². The van der Waals surface area contributed by atoms with Crippen molar-refractivity contribution in [2.75, 3.05) is 26.8 Å². The van der Waals surface area contributed by atoms with Crippen LogP contribution in [-0.2, 0) is 66.7 Å². The monoisotopic (exact) mass is 1070 g/mol. The quantitative estimate of drug-likeness (QED) is 0.0772. The van der Waals surface area contributed by atoms with Crippen LogP contribution in [0.25, 0.3) is 0 Å². The minimum absolute atomic E-state index is 0.0162. The number of aliphatic hydroxyl groups is 1. The van der Waals surface area contributed by atoms with E-state index < -0.39 is 71.8 Å². The lowest BCUT2D eigenvalue weighted by molar-refractivity contribution is -0.288. The molecule has 0 radical (unpaired) electrons. The molecule has 0 aromatic heterocycles. The van der Waals surface area contributed by atoms with Crippen molar-refractivity contribution < 1.29 is 71.8 Å². The number of amides is 5. The van der Waals surface area contributed by atoms with E-state index in [-0.39, 0.29) is 123 Å². The van der Waals surface area contributed by atoms with Gasteiger partial charge in [0.25, 0.3) is 11.8 Å². The number of nitrogens with one attached hydrogen (secondary N) is 3. The number of ketones is 1. The zero-order valence-corrected chi connectivity index (χ0v) is 45.9. The molecule has 8 aliphatic rings. The summed E-state index contributed by atoms with van der Waals surface area (Å²) in [6.07, 6.45) is 7.05. The largest absolute Gasteiger partial charge is 0.391 e. The van der Waals surface area contributed by atoms with Crippen molar-refractivity contribution in [3.63, 3.8) is 0 Å². The molecule has 5 amide bonds. The van der Waals surface area contributed by atoms with Gasteiger partial charge in [-0.3, -0.25) is 33.7 Å². The van der Waals surface area contributed by atoms with Crippen molar-refractivity contribution >= 4 is 35.3 Å². The lowest BCUT2D eigenvalue weighted by atomic mass is 9.80. The molecule has 0 aromatic carbocycles. The van der Waals surface area contributed by atoms with Gasteiger partial charge in [-0.05, 0) is 74.9 Å². The maximum absolute atomic E-state index is 14.5. The van der Waals surface area contributed by atoms with Crippen LogP contribution in [0.2, 0.25) is 0 Å². The van der Waals surface area contributed by atoms with E-state index in [1.165, 1.54) is 6.92 Å². The van der Waals surface area contributed by atoms with Crippen molar-refractivity contribution in [1.82, 2.24) is 20.9 Å². The predicted octanol–water partition coefficient (Wildman–Crippen LogP) is 4.45. The zero-order valence-electron chi connectivity index (χ0n) is 45.9. The smallest absolute Gasteiger partial charge is 0.253 e. The van der Waals surface area contributed by atoms with Gasteiger partial charge in [-0.25, -0.2) is 0 Å². The van der Waals surface area contributed by atoms with Gasteiger partial charge in [-0.15, -0.1) is 0 Å². The Morgan fingerprint density at radius 1 is 0.868 bits per heavy atom. The Morgan fingerprint density at radius 3 is 2.33 bits per heavy atom. The number of methoxy groups -OCH3 is 1. The lowest BCUT2D eigenvalue weighted by Crippen LogP contribution is -2.60. The Morgan fingerprint density at radius 2 is 1.63 bits per heavy atom. The summed E-state index contributed by atoms with van der Waals surface area (Å²) in [5, 5.41) is 19.5. The summed E-state index contributed by atoms with van der Waals surface area (Å²) in [6, 6.07) is -2.04. The van der Waals surface area contributed by atoms with Crippen LogP contribution in [0.5, 0.6) is 0 Å². The molecule has 0 aliphatic carbocycles. The molecule has 8 heterocycles. The Balaban J connectivity index is 0.872. The fourth-order valence-electron chi connectivity index (χ4n) is 13.1. The van der Waals surface area contributed by atoms with Crippen molar-refractivity contribution in [1.29, 1.82) is 0 Å². The van der Waals surface area contributed by atoms with Gasteiger partial charge in [0, 0.05) is 89.1 Å². The van der Waals surface area contributed by atoms with E-state index in [4.69, 9.17) is 37.9 Å². The summed E-state index contributed by atoms with van der Waals surface area (Å²) < 4.78 is 53.1. The topological polar surface area (TPSA) is 236 Å². The molecule has 0 aromatic rings. The third-order valence-electron chi connectivity index (χ3n) is 17.3. The molecular weight excluding hydrogens is 981 g/mol.